The van der Waals surface area contributed by atoms with Crippen LogP contribution in [0.5, 0.6) is 5.75 Å². The molecule has 2 aromatic carbocycles. The van der Waals surface area contributed by atoms with Crippen LogP contribution in [0, 0.1) is 11.6 Å². The second-order valence-corrected chi connectivity index (χ2v) is 5.04. The largest absolute Gasteiger partial charge is 0.487 e. The Kier molecular flexibility index (Phi) is 5.21. The van der Waals surface area contributed by atoms with Crippen LogP contribution in [-0.4, -0.2) is 13.1 Å². The smallest absolute Gasteiger partial charge is 0.337 e. The first-order valence-electron chi connectivity index (χ1n) is 6.07. The number of carbonyl (C=O) groups is 1. The molecule has 0 aromatic heterocycles. The molecule has 0 unspecified atom stereocenters. The lowest BCUT2D eigenvalue weighted by Crippen LogP contribution is -2.03. The summed E-state index contributed by atoms with van der Waals surface area (Å²) in [6.07, 6.45) is 0. The molecular weight excluding hydrogens is 337 g/mol. The lowest BCUT2D eigenvalue weighted by atomic mass is 10.1. The first-order valence-corrected chi connectivity index (χ1v) is 6.82. The predicted octanol–water partition coefficient (Wildman–Crippen LogP) is 4.64. The predicted molar refractivity (Wildman–Crippen MR) is 78.5 cm³/mol. The van der Waals surface area contributed by atoms with E-state index in [0.717, 1.165) is 6.07 Å². The fourth-order valence-electron chi connectivity index (χ4n) is 1.72. The second-order valence-electron chi connectivity index (χ2n) is 4.28. The molecule has 0 saturated carbocycles. The van der Waals surface area contributed by atoms with E-state index in [1.165, 1.54) is 7.11 Å². The molecule has 0 N–H and O–H groups in total. The molecule has 22 heavy (non-hydrogen) atoms. The van der Waals surface area contributed by atoms with Crippen molar-refractivity contribution in [2.45, 2.75) is 6.61 Å². The first-order chi connectivity index (χ1) is 10.4. The van der Waals surface area contributed by atoms with Crippen molar-refractivity contribution >= 4 is 29.2 Å². The van der Waals surface area contributed by atoms with Gasteiger partial charge in [-0.25, -0.2) is 13.6 Å². The zero-order valence-corrected chi connectivity index (χ0v) is 12.8. The SMILES string of the molecule is COC(=O)c1cccc(COc2cc(F)c(Cl)c(F)c2Cl)c1. The van der Waals surface area contributed by atoms with Crippen LogP contribution >= 0.6 is 23.2 Å². The molecule has 0 aliphatic heterocycles. The second kappa shape index (κ2) is 6.94. The molecule has 2 aromatic rings. The molecule has 0 amide bonds. The van der Waals surface area contributed by atoms with E-state index in [4.69, 9.17) is 27.9 Å². The average Bonchev–Trinajstić information content (AvgIpc) is 2.54. The number of hydrogen-bond donors (Lipinski definition) is 0. The van der Waals surface area contributed by atoms with Gasteiger partial charge < -0.3 is 9.47 Å². The first kappa shape index (κ1) is 16.5. The molecule has 0 radical (unpaired) electrons. The van der Waals surface area contributed by atoms with Gasteiger partial charge in [-0.1, -0.05) is 35.3 Å². The summed E-state index contributed by atoms with van der Waals surface area (Å²) in [5.74, 6) is -2.73. The van der Waals surface area contributed by atoms with Crippen molar-refractivity contribution in [3.05, 3.63) is 63.1 Å². The number of rotatable bonds is 4. The third-order valence-electron chi connectivity index (χ3n) is 2.81. The Bertz CT molecular complexity index is 720. The van der Waals surface area contributed by atoms with Gasteiger partial charge in [0, 0.05) is 6.07 Å². The van der Waals surface area contributed by atoms with Crippen molar-refractivity contribution in [1.82, 2.24) is 0 Å². The van der Waals surface area contributed by atoms with E-state index in [1.54, 1.807) is 24.3 Å². The molecule has 2 rings (SSSR count). The molecule has 0 spiro atoms. The molecular formula is C15H10Cl2F2O3. The van der Waals surface area contributed by atoms with Crippen LogP contribution in [-0.2, 0) is 11.3 Å². The zero-order valence-electron chi connectivity index (χ0n) is 11.3. The highest BCUT2D eigenvalue weighted by molar-refractivity contribution is 6.35. The molecule has 0 aliphatic rings. The van der Waals surface area contributed by atoms with E-state index in [9.17, 15) is 13.6 Å². The van der Waals surface area contributed by atoms with E-state index < -0.39 is 27.6 Å². The van der Waals surface area contributed by atoms with E-state index >= 15 is 0 Å². The number of halogens is 4. The van der Waals surface area contributed by atoms with E-state index in [0.29, 0.717) is 11.1 Å². The summed E-state index contributed by atoms with van der Waals surface area (Å²) < 4.78 is 36.8. The molecule has 0 atom stereocenters. The highest BCUT2D eigenvalue weighted by atomic mass is 35.5. The summed E-state index contributed by atoms with van der Waals surface area (Å²) in [4.78, 5) is 11.4. The fourth-order valence-corrected chi connectivity index (χ4v) is 2.12. The number of methoxy groups -OCH3 is 1. The van der Waals surface area contributed by atoms with E-state index in [2.05, 4.69) is 4.74 Å². The van der Waals surface area contributed by atoms with Crippen LogP contribution in [0.1, 0.15) is 15.9 Å². The number of benzene rings is 2. The van der Waals surface area contributed by atoms with Gasteiger partial charge in [-0.15, -0.1) is 0 Å². The third kappa shape index (κ3) is 3.48. The molecule has 3 nitrogen and oxygen atoms in total. The molecule has 0 fully saturated rings. The Hall–Kier alpha value is -1.85. The van der Waals surface area contributed by atoms with Crippen LogP contribution < -0.4 is 4.74 Å². The summed E-state index contributed by atoms with van der Waals surface area (Å²) in [5.41, 5.74) is 0.942. The van der Waals surface area contributed by atoms with E-state index in [1.807, 2.05) is 0 Å². The summed E-state index contributed by atoms with van der Waals surface area (Å²) in [7, 11) is 1.27. The number of ether oxygens (including phenoxy) is 2. The van der Waals surface area contributed by atoms with Crippen molar-refractivity contribution in [2.24, 2.45) is 0 Å². The molecule has 7 heteroatoms. The monoisotopic (exact) mass is 346 g/mol. The lowest BCUT2D eigenvalue weighted by molar-refractivity contribution is 0.0600. The van der Waals surface area contributed by atoms with Crippen molar-refractivity contribution < 1.29 is 23.0 Å². The van der Waals surface area contributed by atoms with Gasteiger partial charge in [-0.3, -0.25) is 0 Å². The van der Waals surface area contributed by atoms with Gasteiger partial charge >= 0.3 is 5.97 Å². The van der Waals surface area contributed by atoms with Crippen molar-refractivity contribution in [3.8, 4) is 5.75 Å². The quantitative estimate of drug-likeness (QED) is 0.459. The van der Waals surface area contributed by atoms with Gasteiger partial charge in [0.15, 0.2) is 5.82 Å². The maximum absolute atomic E-state index is 13.5. The summed E-state index contributed by atoms with van der Waals surface area (Å²) in [6.45, 7) is -0.0366. The van der Waals surface area contributed by atoms with Crippen molar-refractivity contribution in [3.63, 3.8) is 0 Å². The van der Waals surface area contributed by atoms with Crippen LogP contribution in [0.25, 0.3) is 0 Å². The van der Waals surface area contributed by atoms with Gasteiger partial charge in [-0.05, 0) is 17.7 Å². The fraction of sp³-hybridized carbons (Fsp3) is 0.133. The number of hydrogen-bond acceptors (Lipinski definition) is 3. The lowest BCUT2D eigenvalue weighted by Gasteiger charge is -2.10. The molecule has 0 heterocycles. The van der Waals surface area contributed by atoms with E-state index in [-0.39, 0.29) is 12.4 Å². The minimum absolute atomic E-state index is 0.0366. The Morgan fingerprint density at radius 2 is 1.91 bits per heavy atom. The highest BCUT2D eigenvalue weighted by Gasteiger charge is 2.17. The zero-order chi connectivity index (χ0) is 16.3. The maximum atomic E-state index is 13.5. The molecule has 0 bridgehead atoms. The Morgan fingerprint density at radius 3 is 2.59 bits per heavy atom. The minimum Gasteiger partial charge on any atom is -0.487 e. The molecule has 0 saturated heterocycles. The average molecular weight is 347 g/mol. The van der Waals surface area contributed by atoms with Crippen molar-refractivity contribution in [1.29, 1.82) is 0 Å². The van der Waals surface area contributed by atoms with Gasteiger partial charge in [0.25, 0.3) is 0 Å². The normalized spacial score (nSPS) is 10.4. The third-order valence-corrected chi connectivity index (χ3v) is 3.51. The van der Waals surface area contributed by atoms with Crippen LogP contribution in [0.15, 0.2) is 30.3 Å². The topological polar surface area (TPSA) is 35.5 Å². The Balaban J connectivity index is 2.19. The Labute approximate surface area is 135 Å². The standard InChI is InChI=1S/C15H10Cl2F2O3/c1-21-15(20)9-4-2-3-8(5-9)7-22-11-6-10(18)12(16)14(19)13(11)17/h2-6H,7H2,1H3. The number of carbonyl (C=O) groups excluding carboxylic acids is 1. The molecule has 0 aliphatic carbocycles. The van der Waals surface area contributed by atoms with Crippen molar-refractivity contribution in [2.75, 3.05) is 7.11 Å². The maximum Gasteiger partial charge on any atom is 0.337 e. The van der Waals surface area contributed by atoms with Crippen LogP contribution in [0.2, 0.25) is 10.0 Å². The number of esters is 1. The highest BCUT2D eigenvalue weighted by Crippen LogP contribution is 2.34. The van der Waals surface area contributed by atoms with Crippen LogP contribution in [0.4, 0.5) is 8.78 Å². The minimum atomic E-state index is -1.08. The van der Waals surface area contributed by atoms with Gasteiger partial charge in [-0.2, -0.15) is 0 Å². The van der Waals surface area contributed by atoms with Gasteiger partial charge in [0.2, 0.25) is 0 Å². The summed E-state index contributed by atoms with van der Waals surface area (Å²) in [5, 5.41) is -1.10. The van der Waals surface area contributed by atoms with Gasteiger partial charge in [0.1, 0.15) is 28.2 Å². The van der Waals surface area contributed by atoms with Gasteiger partial charge in [0.05, 0.1) is 12.7 Å². The molecule has 116 valence electrons. The van der Waals surface area contributed by atoms with Crippen LogP contribution in [0.3, 0.4) is 0 Å². The Morgan fingerprint density at radius 1 is 1.18 bits per heavy atom. The summed E-state index contributed by atoms with van der Waals surface area (Å²) in [6, 6.07) is 7.34. The summed E-state index contributed by atoms with van der Waals surface area (Å²) >= 11 is 11.1.